The van der Waals surface area contributed by atoms with Crippen molar-refractivity contribution >= 4 is 5.91 Å². The van der Waals surface area contributed by atoms with Crippen LogP contribution in [0.25, 0.3) is 0 Å². The SMILES string of the molecule is C[C@@H](NC1CCCCNC1=O)c1ccccc1F. The van der Waals surface area contributed by atoms with Gasteiger partial charge in [0.25, 0.3) is 0 Å². The fraction of sp³-hybridized carbons (Fsp3) is 0.500. The van der Waals surface area contributed by atoms with E-state index in [-0.39, 0.29) is 23.8 Å². The fourth-order valence-corrected chi connectivity index (χ4v) is 2.32. The molecule has 4 heteroatoms. The molecule has 1 heterocycles. The summed E-state index contributed by atoms with van der Waals surface area (Å²) in [5, 5.41) is 6.08. The average Bonchev–Trinajstić information content (AvgIpc) is 2.55. The summed E-state index contributed by atoms with van der Waals surface area (Å²) >= 11 is 0. The third-order valence-electron chi connectivity index (χ3n) is 3.36. The van der Waals surface area contributed by atoms with Crippen LogP contribution in [-0.2, 0) is 4.79 Å². The van der Waals surface area contributed by atoms with E-state index in [2.05, 4.69) is 10.6 Å². The van der Waals surface area contributed by atoms with Gasteiger partial charge in [-0.25, -0.2) is 4.39 Å². The van der Waals surface area contributed by atoms with Gasteiger partial charge in [0.1, 0.15) is 5.82 Å². The molecule has 1 amide bonds. The van der Waals surface area contributed by atoms with E-state index in [1.54, 1.807) is 12.1 Å². The summed E-state index contributed by atoms with van der Waals surface area (Å²) in [6, 6.07) is 6.29. The first-order chi connectivity index (χ1) is 8.68. The van der Waals surface area contributed by atoms with Gasteiger partial charge in [0.2, 0.25) is 5.91 Å². The zero-order chi connectivity index (χ0) is 13.0. The van der Waals surface area contributed by atoms with Crippen molar-refractivity contribution in [1.82, 2.24) is 10.6 Å². The molecule has 0 aromatic heterocycles. The number of hydrogen-bond acceptors (Lipinski definition) is 2. The van der Waals surface area contributed by atoms with E-state index in [9.17, 15) is 9.18 Å². The second-order valence-corrected chi connectivity index (χ2v) is 4.75. The summed E-state index contributed by atoms with van der Waals surface area (Å²) in [7, 11) is 0. The van der Waals surface area contributed by atoms with Crippen LogP contribution in [0, 0.1) is 5.82 Å². The van der Waals surface area contributed by atoms with Gasteiger partial charge in [-0.1, -0.05) is 18.2 Å². The Balaban J connectivity index is 2.04. The average molecular weight is 250 g/mol. The van der Waals surface area contributed by atoms with Crippen molar-refractivity contribution in [1.29, 1.82) is 0 Å². The van der Waals surface area contributed by atoms with Crippen LogP contribution in [0.3, 0.4) is 0 Å². The maximum atomic E-state index is 13.6. The fourth-order valence-electron chi connectivity index (χ4n) is 2.32. The molecule has 1 unspecified atom stereocenters. The Labute approximate surface area is 107 Å². The Bertz CT molecular complexity index is 422. The first-order valence-corrected chi connectivity index (χ1v) is 6.46. The molecule has 18 heavy (non-hydrogen) atoms. The van der Waals surface area contributed by atoms with E-state index in [4.69, 9.17) is 0 Å². The Kier molecular flexibility index (Phi) is 4.31. The summed E-state index contributed by atoms with van der Waals surface area (Å²) in [6.45, 7) is 2.63. The first kappa shape index (κ1) is 13.0. The predicted octanol–water partition coefficient (Wildman–Crippen LogP) is 2.14. The molecule has 1 aliphatic heterocycles. The third-order valence-corrected chi connectivity index (χ3v) is 3.36. The predicted molar refractivity (Wildman–Crippen MR) is 68.6 cm³/mol. The van der Waals surface area contributed by atoms with Crippen LogP contribution in [0.4, 0.5) is 4.39 Å². The number of nitrogens with one attached hydrogen (secondary N) is 2. The molecule has 0 aliphatic carbocycles. The van der Waals surface area contributed by atoms with E-state index >= 15 is 0 Å². The molecule has 2 N–H and O–H groups in total. The Morgan fingerprint density at radius 1 is 1.39 bits per heavy atom. The minimum atomic E-state index is -0.230. The summed E-state index contributed by atoms with van der Waals surface area (Å²) in [5.74, 6) is -0.206. The highest BCUT2D eigenvalue weighted by atomic mass is 19.1. The summed E-state index contributed by atoms with van der Waals surface area (Å²) in [5.41, 5.74) is 0.606. The molecule has 2 rings (SSSR count). The van der Waals surface area contributed by atoms with E-state index in [1.807, 2.05) is 13.0 Å². The Morgan fingerprint density at radius 2 is 2.17 bits per heavy atom. The van der Waals surface area contributed by atoms with Crippen LogP contribution in [0.2, 0.25) is 0 Å². The lowest BCUT2D eigenvalue weighted by atomic mass is 10.0. The highest BCUT2D eigenvalue weighted by Crippen LogP contribution is 2.18. The monoisotopic (exact) mass is 250 g/mol. The normalized spacial score (nSPS) is 22.1. The van der Waals surface area contributed by atoms with Crippen molar-refractivity contribution in [2.24, 2.45) is 0 Å². The molecule has 0 spiro atoms. The lowest BCUT2D eigenvalue weighted by Crippen LogP contribution is -2.43. The maximum Gasteiger partial charge on any atom is 0.237 e. The molecule has 1 aromatic carbocycles. The van der Waals surface area contributed by atoms with Crippen LogP contribution < -0.4 is 10.6 Å². The van der Waals surface area contributed by atoms with Gasteiger partial charge < -0.3 is 5.32 Å². The van der Waals surface area contributed by atoms with Gasteiger partial charge in [0.05, 0.1) is 6.04 Å². The van der Waals surface area contributed by atoms with Gasteiger partial charge in [0, 0.05) is 18.2 Å². The van der Waals surface area contributed by atoms with Crippen molar-refractivity contribution in [2.45, 2.75) is 38.3 Å². The van der Waals surface area contributed by atoms with Crippen LogP contribution in [0.1, 0.15) is 37.8 Å². The summed E-state index contributed by atoms with van der Waals surface area (Å²) in [4.78, 5) is 11.8. The number of amides is 1. The molecular weight excluding hydrogens is 231 g/mol. The first-order valence-electron chi connectivity index (χ1n) is 6.46. The molecule has 2 atom stereocenters. The molecule has 0 radical (unpaired) electrons. The number of carbonyl (C=O) groups is 1. The van der Waals surface area contributed by atoms with Gasteiger partial charge in [-0.05, 0) is 32.3 Å². The lowest BCUT2D eigenvalue weighted by Gasteiger charge is -2.21. The van der Waals surface area contributed by atoms with Crippen molar-refractivity contribution in [3.05, 3.63) is 35.6 Å². The molecular formula is C14H19FN2O. The molecule has 0 bridgehead atoms. The van der Waals surface area contributed by atoms with Gasteiger partial charge in [0.15, 0.2) is 0 Å². The molecule has 1 aliphatic rings. The lowest BCUT2D eigenvalue weighted by molar-refractivity contribution is -0.123. The van der Waals surface area contributed by atoms with E-state index in [1.165, 1.54) is 6.07 Å². The van der Waals surface area contributed by atoms with Crippen molar-refractivity contribution in [3.63, 3.8) is 0 Å². The van der Waals surface area contributed by atoms with Crippen LogP contribution >= 0.6 is 0 Å². The summed E-state index contributed by atoms with van der Waals surface area (Å²) < 4.78 is 13.6. The largest absolute Gasteiger partial charge is 0.355 e. The molecule has 3 nitrogen and oxygen atoms in total. The van der Waals surface area contributed by atoms with Crippen molar-refractivity contribution in [2.75, 3.05) is 6.54 Å². The van der Waals surface area contributed by atoms with Gasteiger partial charge in [-0.3, -0.25) is 10.1 Å². The molecule has 1 saturated heterocycles. The smallest absolute Gasteiger partial charge is 0.237 e. The van der Waals surface area contributed by atoms with Crippen LogP contribution in [0.15, 0.2) is 24.3 Å². The maximum absolute atomic E-state index is 13.6. The zero-order valence-corrected chi connectivity index (χ0v) is 10.6. The second kappa shape index (κ2) is 5.96. The number of carbonyl (C=O) groups excluding carboxylic acids is 1. The number of rotatable bonds is 3. The number of benzene rings is 1. The van der Waals surface area contributed by atoms with E-state index < -0.39 is 0 Å². The number of halogens is 1. The molecule has 1 aromatic rings. The van der Waals surface area contributed by atoms with Crippen molar-refractivity contribution < 1.29 is 9.18 Å². The topological polar surface area (TPSA) is 41.1 Å². The van der Waals surface area contributed by atoms with Gasteiger partial charge in [-0.15, -0.1) is 0 Å². The van der Waals surface area contributed by atoms with E-state index in [0.717, 1.165) is 25.8 Å². The zero-order valence-electron chi connectivity index (χ0n) is 10.6. The van der Waals surface area contributed by atoms with Crippen molar-refractivity contribution in [3.8, 4) is 0 Å². The number of hydrogen-bond donors (Lipinski definition) is 2. The Hall–Kier alpha value is -1.42. The second-order valence-electron chi connectivity index (χ2n) is 4.75. The molecule has 0 saturated carbocycles. The van der Waals surface area contributed by atoms with Gasteiger partial charge in [-0.2, -0.15) is 0 Å². The molecule has 1 fully saturated rings. The third kappa shape index (κ3) is 3.07. The quantitative estimate of drug-likeness (QED) is 0.863. The molecule has 98 valence electrons. The van der Waals surface area contributed by atoms with Crippen LogP contribution in [0.5, 0.6) is 0 Å². The van der Waals surface area contributed by atoms with Crippen LogP contribution in [-0.4, -0.2) is 18.5 Å². The Morgan fingerprint density at radius 3 is 2.94 bits per heavy atom. The standard InChI is InChI=1S/C14H19FN2O/c1-10(11-6-2-3-7-12(11)15)17-13-8-4-5-9-16-14(13)18/h2-3,6-7,10,13,17H,4-5,8-9H2,1H3,(H,16,18)/t10-,13?/m1/s1. The minimum Gasteiger partial charge on any atom is -0.355 e. The minimum absolute atomic E-state index is 0.0238. The highest BCUT2D eigenvalue weighted by molar-refractivity contribution is 5.81. The summed E-state index contributed by atoms with van der Waals surface area (Å²) in [6.07, 6.45) is 2.84. The van der Waals surface area contributed by atoms with Gasteiger partial charge >= 0.3 is 0 Å². The highest BCUT2D eigenvalue weighted by Gasteiger charge is 2.23. The van der Waals surface area contributed by atoms with E-state index in [0.29, 0.717) is 5.56 Å².